The van der Waals surface area contributed by atoms with Gasteiger partial charge in [0.2, 0.25) is 0 Å². The SMILES string of the molecule is O=C1CC(c2ccc(Cl)cc2)C=C1F. The van der Waals surface area contributed by atoms with Gasteiger partial charge < -0.3 is 0 Å². The van der Waals surface area contributed by atoms with Gasteiger partial charge >= 0.3 is 0 Å². The van der Waals surface area contributed by atoms with Crippen LogP contribution in [-0.2, 0) is 4.79 Å². The molecule has 0 saturated heterocycles. The maximum atomic E-state index is 12.8. The normalized spacial score (nSPS) is 21.1. The Morgan fingerprint density at radius 1 is 1.29 bits per heavy atom. The van der Waals surface area contributed by atoms with Crippen molar-refractivity contribution in [2.24, 2.45) is 0 Å². The first-order valence-corrected chi connectivity index (χ1v) is 4.70. The summed E-state index contributed by atoms with van der Waals surface area (Å²) in [5.41, 5.74) is 0.926. The van der Waals surface area contributed by atoms with E-state index in [1.807, 2.05) is 12.1 Å². The molecule has 14 heavy (non-hydrogen) atoms. The van der Waals surface area contributed by atoms with Gasteiger partial charge in [-0.05, 0) is 23.8 Å². The van der Waals surface area contributed by atoms with Gasteiger partial charge in [-0.1, -0.05) is 23.7 Å². The van der Waals surface area contributed by atoms with Crippen LogP contribution in [0.15, 0.2) is 36.2 Å². The standard InChI is InChI=1S/C11H8ClFO/c12-9-3-1-7(2-4-9)8-5-10(13)11(14)6-8/h1-5,8H,6H2. The molecule has 1 aliphatic carbocycles. The van der Waals surface area contributed by atoms with Crippen molar-refractivity contribution in [2.45, 2.75) is 12.3 Å². The Hall–Kier alpha value is -1.15. The first-order chi connectivity index (χ1) is 6.66. The quantitative estimate of drug-likeness (QED) is 0.696. The highest BCUT2D eigenvalue weighted by Crippen LogP contribution is 2.31. The summed E-state index contributed by atoms with van der Waals surface area (Å²) in [4.78, 5) is 11.0. The van der Waals surface area contributed by atoms with E-state index < -0.39 is 11.6 Å². The number of halogens is 2. The van der Waals surface area contributed by atoms with Crippen molar-refractivity contribution in [3.8, 4) is 0 Å². The Labute approximate surface area is 86.2 Å². The van der Waals surface area contributed by atoms with Crippen molar-refractivity contribution >= 4 is 17.4 Å². The topological polar surface area (TPSA) is 17.1 Å². The lowest BCUT2D eigenvalue weighted by atomic mass is 9.99. The van der Waals surface area contributed by atoms with Gasteiger partial charge in [-0.3, -0.25) is 4.79 Å². The second-order valence-corrected chi connectivity index (χ2v) is 3.74. The molecule has 1 unspecified atom stereocenters. The van der Waals surface area contributed by atoms with Crippen LogP contribution in [0, 0.1) is 0 Å². The largest absolute Gasteiger partial charge is 0.292 e. The Morgan fingerprint density at radius 3 is 2.43 bits per heavy atom. The Kier molecular flexibility index (Phi) is 2.38. The summed E-state index contributed by atoms with van der Waals surface area (Å²) < 4.78 is 12.8. The van der Waals surface area contributed by atoms with Crippen molar-refractivity contribution < 1.29 is 9.18 Å². The molecule has 1 aromatic rings. The fourth-order valence-corrected chi connectivity index (χ4v) is 1.68. The molecule has 1 nitrogen and oxygen atoms in total. The zero-order valence-electron chi connectivity index (χ0n) is 7.34. The van der Waals surface area contributed by atoms with Crippen LogP contribution in [0.25, 0.3) is 0 Å². The third-order valence-corrected chi connectivity index (χ3v) is 2.57. The summed E-state index contributed by atoms with van der Waals surface area (Å²) in [7, 11) is 0. The summed E-state index contributed by atoms with van der Waals surface area (Å²) in [6, 6.07) is 7.11. The number of ketones is 1. The summed E-state index contributed by atoms with van der Waals surface area (Å²) in [6.45, 7) is 0. The second-order valence-electron chi connectivity index (χ2n) is 3.30. The number of carbonyl (C=O) groups is 1. The van der Waals surface area contributed by atoms with E-state index in [0.717, 1.165) is 5.56 Å². The molecule has 1 aromatic carbocycles. The molecule has 1 aliphatic rings. The van der Waals surface area contributed by atoms with Crippen LogP contribution >= 0.6 is 11.6 Å². The van der Waals surface area contributed by atoms with Crippen molar-refractivity contribution in [2.75, 3.05) is 0 Å². The van der Waals surface area contributed by atoms with E-state index in [1.54, 1.807) is 12.1 Å². The third-order valence-electron chi connectivity index (χ3n) is 2.32. The van der Waals surface area contributed by atoms with Gasteiger partial charge in [0.25, 0.3) is 0 Å². The van der Waals surface area contributed by atoms with E-state index >= 15 is 0 Å². The fourth-order valence-electron chi connectivity index (χ4n) is 1.55. The molecular formula is C11H8ClFO. The van der Waals surface area contributed by atoms with Crippen LogP contribution in [0.4, 0.5) is 4.39 Å². The summed E-state index contributed by atoms with van der Waals surface area (Å²) >= 11 is 5.72. The molecule has 1 atom stereocenters. The van der Waals surface area contributed by atoms with Crippen molar-refractivity contribution in [1.29, 1.82) is 0 Å². The maximum absolute atomic E-state index is 12.8. The third kappa shape index (κ3) is 1.70. The van der Waals surface area contributed by atoms with Crippen LogP contribution in [0.1, 0.15) is 17.9 Å². The molecule has 0 saturated carbocycles. The van der Waals surface area contributed by atoms with E-state index in [-0.39, 0.29) is 12.3 Å². The van der Waals surface area contributed by atoms with Gasteiger partial charge in [0.05, 0.1) is 0 Å². The Balaban J connectivity index is 2.26. The molecule has 0 N–H and O–H groups in total. The highest BCUT2D eigenvalue weighted by Gasteiger charge is 2.24. The first-order valence-electron chi connectivity index (χ1n) is 4.33. The fraction of sp³-hybridized carbons (Fsp3) is 0.182. The van der Waals surface area contributed by atoms with Gasteiger partial charge in [-0.25, -0.2) is 4.39 Å². The average Bonchev–Trinajstić information content (AvgIpc) is 2.48. The van der Waals surface area contributed by atoms with Gasteiger partial charge in [-0.15, -0.1) is 0 Å². The molecular weight excluding hydrogens is 203 g/mol. The van der Waals surface area contributed by atoms with E-state index in [9.17, 15) is 9.18 Å². The van der Waals surface area contributed by atoms with Crippen LogP contribution < -0.4 is 0 Å². The summed E-state index contributed by atoms with van der Waals surface area (Å²) in [5, 5.41) is 0.641. The zero-order chi connectivity index (χ0) is 10.1. The van der Waals surface area contributed by atoms with Gasteiger partial charge in [0.1, 0.15) is 0 Å². The Bertz CT molecular complexity index is 394. The van der Waals surface area contributed by atoms with Crippen LogP contribution in [0.5, 0.6) is 0 Å². The molecule has 0 aromatic heterocycles. The first kappa shape index (κ1) is 9.41. The second kappa shape index (κ2) is 3.54. The average molecular weight is 211 g/mol. The smallest absolute Gasteiger partial charge is 0.191 e. The Morgan fingerprint density at radius 2 is 1.93 bits per heavy atom. The monoisotopic (exact) mass is 210 g/mol. The van der Waals surface area contributed by atoms with Gasteiger partial charge in [0, 0.05) is 17.4 Å². The number of benzene rings is 1. The highest BCUT2D eigenvalue weighted by atomic mass is 35.5. The minimum absolute atomic E-state index is 0.125. The summed E-state index contributed by atoms with van der Waals surface area (Å²) in [5.74, 6) is -1.16. The molecule has 2 rings (SSSR count). The highest BCUT2D eigenvalue weighted by molar-refractivity contribution is 6.30. The van der Waals surface area contributed by atoms with Crippen molar-refractivity contribution in [1.82, 2.24) is 0 Å². The molecule has 0 spiro atoms. The molecule has 0 bridgehead atoms. The molecule has 0 amide bonds. The lowest BCUT2D eigenvalue weighted by Crippen LogP contribution is -1.95. The molecule has 0 aliphatic heterocycles. The predicted molar refractivity (Wildman–Crippen MR) is 53.0 cm³/mol. The lowest BCUT2D eigenvalue weighted by Gasteiger charge is -2.05. The number of rotatable bonds is 1. The number of allylic oxidation sites excluding steroid dienone is 2. The molecule has 0 fully saturated rings. The van der Waals surface area contributed by atoms with Crippen molar-refractivity contribution in [3.05, 3.63) is 46.8 Å². The maximum Gasteiger partial charge on any atom is 0.191 e. The minimum atomic E-state index is -0.620. The van der Waals surface area contributed by atoms with E-state index in [4.69, 9.17) is 11.6 Å². The summed E-state index contributed by atoms with van der Waals surface area (Å²) in [6.07, 6.45) is 1.60. The predicted octanol–water partition coefficient (Wildman–Crippen LogP) is 3.25. The number of carbonyl (C=O) groups excluding carboxylic acids is 1. The van der Waals surface area contributed by atoms with Crippen LogP contribution in [0.2, 0.25) is 5.02 Å². The molecule has 72 valence electrons. The number of hydrogen-bond acceptors (Lipinski definition) is 1. The minimum Gasteiger partial charge on any atom is -0.292 e. The molecule has 0 radical (unpaired) electrons. The van der Waals surface area contributed by atoms with E-state index in [1.165, 1.54) is 6.08 Å². The van der Waals surface area contributed by atoms with Gasteiger partial charge in [0.15, 0.2) is 11.6 Å². The van der Waals surface area contributed by atoms with Gasteiger partial charge in [-0.2, -0.15) is 0 Å². The van der Waals surface area contributed by atoms with Crippen LogP contribution in [0.3, 0.4) is 0 Å². The number of hydrogen-bond donors (Lipinski definition) is 0. The lowest BCUT2D eigenvalue weighted by molar-refractivity contribution is -0.116. The van der Waals surface area contributed by atoms with E-state index in [0.29, 0.717) is 5.02 Å². The number of Topliss-reactive ketones (excluding diaryl/α,β-unsaturated/α-hetero) is 1. The van der Waals surface area contributed by atoms with Crippen molar-refractivity contribution in [3.63, 3.8) is 0 Å². The zero-order valence-corrected chi connectivity index (χ0v) is 8.09. The molecule has 0 heterocycles. The van der Waals surface area contributed by atoms with Crippen LogP contribution in [-0.4, -0.2) is 5.78 Å². The molecule has 3 heteroatoms. The van der Waals surface area contributed by atoms with E-state index in [2.05, 4.69) is 0 Å².